The van der Waals surface area contributed by atoms with E-state index in [0.717, 1.165) is 31.1 Å². The highest BCUT2D eigenvalue weighted by Crippen LogP contribution is 2.38. The second-order valence-corrected chi connectivity index (χ2v) is 8.03. The van der Waals surface area contributed by atoms with Crippen molar-refractivity contribution in [3.8, 4) is 0 Å². The molecule has 25 heavy (non-hydrogen) atoms. The number of fused-ring (bicyclic) bond motifs is 1. The van der Waals surface area contributed by atoms with E-state index in [1.165, 1.54) is 51.5 Å². The number of hydrogen-bond donors (Lipinski definition) is 0. The summed E-state index contributed by atoms with van der Waals surface area (Å²) in [5, 5.41) is 11.1. The third kappa shape index (κ3) is 3.58. The molecule has 2 aliphatic heterocycles. The van der Waals surface area contributed by atoms with Gasteiger partial charge in [0, 0.05) is 43.9 Å². The van der Waals surface area contributed by atoms with Crippen molar-refractivity contribution in [2.45, 2.75) is 63.6 Å². The third-order valence-electron chi connectivity index (χ3n) is 6.54. The zero-order chi connectivity index (χ0) is 17.2. The third-order valence-corrected chi connectivity index (χ3v) is 6.54. The van der Waals surface area contributed by atoms with Crippen LogP contribution >= 0.6 is 0 Å². The molecule has 136 valence electrons. The molecule has 0 amide bonds. The van der Waals surface area contributed by atoms with Crippen molar-refractivity contribution in [1.82, 2.24) is 9.80 Å². The second kappa shape index (κ2) is 7.42. The first-order chi connectivity index (χ1) is 12.2. The summed E-state index contributed by atoms with van der Waals surface area (Å²) < 4.78 is 0. The Bertz CT molecular complexity index is 615. The van der Waals surface area contributed by atoms with Crippen LogP contribution in [-0.2, 0) is 6.54 Å². The van der Waals surface area contributed by atoms with Crippen molar-refractivity contribution in [3.05, 3.63) is 39.9 Å². The van der Waals surface area contributed by atoms with Gasteiger partial charge in [0.2, 0.25) is 0 Å². The van der Waals surface area contributed by atoms with Gasteiger partial charge in [0.15, 0.2) is 0 Å². The van der Waals surface area contributed by atoms with Gasteiger partial charge in [-0.1, -0.05) is 31.4 Å². The number of nitro groups is 1. The summed E-state index contributed by atoms with van der Waals surface area (Å²) in [6, 6.07) is 8.57. The number of rotatable bonds is 4. The molecule has 5 heteroatoms. The van der Waals surface area contributed by atoms with Gasteiger partial charge >= 0.3 is 0 Å². The maximum Gasteiger partial charge on any atom is 0.269 e. The predicted molar refractivity (Wildman–Crippen MR) is 98.5 cm³/mol. The Kier molecular flexibility index (Phi) is 5.04. The fraction of sp³-hybridized carbons (Fsp3) is 0.700. The van der Waals surface area contributed by atoms with Crippen molar-refractivity contribution < 1.29 is 4.92 Å². The van der Waals surface area contributed by atoms with Crippen LogP contribution in [-0.4, -0.2) is 46.4 Å². The van der Waals surface area contributed by atoms with Crippen LogP contribution in [0.4, 0.5) is 5.69 Å². The Balaban J connectivity index is 1.55. The molecule has 3 fully saturated rings. The number of nitro benzene ring substituents is 1. The van der Waals surface area contributed by atoms with Gasteiger partial charge in [-0.05, 0) is 43.7 Å². The normalized spacial score (nSPS) is 28.8. The van der Waals surface area contributed by atoms with Crippen LogP contribution in [0.5, 0.6) is 0 Å². The molecule has 3 aliphatic rings. The predicted octanol–water partition coefficient (Wildman–Crippen LogP) is 3.82. The van der Waals surface area contributed by atoms with Gasteiger partial charge in [-0.15, -0.1) is 0 Å². The van der Waals surface area contributed by atoms with Crippen LogP contribution < -0.4 is 0 Å². The van der Waals surface area contributed by atoms with Crippen LogP contribution in [0.25, 0.3) is 0 Å². The molecule has 5 nitrogen and oxygen atoms in total. The molecule has 2 atom stereocenters. The molecular weight excluding hydrogens is 314 g/mol. The van der Waals surface area contributed by atoms with Crippen LogP contribution in [0, 0.1) is 16.0 Å². The maximum atomic E-state index is 11.1. The van der Waals surface area contributed by atoms with Crippen LogP contribution in [0.3, 0.4) is 0 Å². The monoisotopic (exact) mass is 343 g/mol. The molecule has 1 aliphatic carbocycles. The first-order valence-electron chi connectivity index (χ1n) is 9.94. The summed E-state index contributed by atoms with van der Waals surface area (Å²) in [4.78, 5) is 16.2. The summed E-state index contributed by atoms with van der Waals surface area (Å²) in [5.74, 6) is 0.804. The highest BCUT2D eigenvalue weighted by molar-refractivity contribution is 5.34. The molecule has 0 N–H and O–H groups in total. The lowest BCUT2D eigenvalue weighted by Gasteiger charge is -2.49. The molecule has 0 aromatic heterocycles. The van der Waals surface area contributed by atoms with Crippen molar-refractivity contribution in [2.75, 3.05) is 19.6 Å². The zero-order valence-corrected chi connectivity index (χ0v) is 15.0. The summed E-state index contributed by atoms with van der Waals surface area (Å²) in [5.41, 5.74) is 1.30. The molecule has 0 radical (unpaired) electrons. The van der Waals surface area contributed by atoms with Gasteiger partial charge in [-0.2, -0.15) is 0 Å². The summed E-state index contributed by atoms with van der Waals surface area (Å²) in [6.45, 7) is 4.37. The minimum atomic E-state index is -0.281. The molecule has 4 rings (SSSR count). The van der Waals surface area contributed by atoms with E-state index in [2.05, 4.69) is 9.80 Å². The lowest BCUT2D eigenvalue weighted by molar-refractivity contribution is -0.384. The number of nitrogens with zero attached hydrogens (tertiary/aromatic N) is 3. The first kappa shape index (κ1) is 17.0. The second-order valence-electron chi connectivity index (χ2n) is 8.03. The van der Waals surface area contributed by atoms with E-state index in [9.17, 15) is 10.1 Å². The number of benzene rings is 1. The Hall–Kier alpha value is -1.46. The van der Waals surface area contributed by atoms with E-state index in [-0.39, 0.29) is 10.6 Å². The van der Waals surface area contributed by atoms with Crippen molar-refractivity contribution in [1.29, 1.82) is 0 Å². The average molecular weight is 343 g/mol. The molecule has 0 bridgehead atoms. The number of hydrogen-bond acceptors (Lipinski definition) is 4. The van der Waals surface area contributed by atoms with Gasteiger partial charge in [-0.3, -0.25) is 19.9 Å². The molecular formula is C20H29N3O2. The van der Waals surface area contributed by atoms with Gasteiger partial charge < -0.3 is 0 Å². The van der Waals surface area contributed by atoms with E-state index in [0.29, 0.717) is 12.1 Å². The Morgan fingerprint density at radius 1 is 1.04 bits per heavy atom. The van der Waals surface area contributed by atoms with E-state index in [1.807, 2.05) is 12.1 Å². The van der Waals surface area contributed by atoms with Crippen molar-refractivity contribution in [3.63, 3.8) is 0 Å². The van der Waals surface area contributed by atoms with Crippen LogP contribution in [0.2, 0.25) is 0 Å². The SMILES string of the molecule is O=[N+]([O-])c1cccc(CN2CCN3CCC[C@H]3[C@@H]2C2CCCCC2)c1. The highest BCUT2D eigenvalue weighted by Gasteiger charge is 2.42. The van der Waals surface area contributed by atoms with E-state index in [1.54, 1.807) is 12.1 Å². The molecule has 2 saturated heterocycles. The zero-order valence-electron chi connectivity index (χ0n) is 15.0. The first-order valence-corrected chi connectivity index (χ1v) is 9.94. The fourth-order valence-corrected chi connectivity index (χ4v) is 5.44. The smallest absolute Gasteiger partial charge is 0.269 e. The van der Waals surface area contributed by atoms with E-state index >= 15 is 0 Å². The lowest BCUT2D eigenvalue weighted by Crippen LogP contribution is -2.59. The summed E-state index contributed by atoms with van der Waals surface area (Å²) in [7, 11) is 0. The van der Waals surface area contributed by atoms with Gasteiger partial charge in [-0.25, -0.2) is 0 Å². The van der Waals surface area contributed by atoms with Gasteiger partial charge in [0.1, 0.15) is 0 Å². The molecule has 1 aromatic rings. The van der Waals surface area contributed by atoms with Gasteiger partial charge in [0.05, 0.1) is 4.92 Å². The van der Waals surface area contributed by atoms with Crippen molar-refractivity contribution in [2.24, 2.45) is 5.92 Å². The van der Waals surface area contributed by atoms with Crippen LogP contribution in [0.1, 0.15) is 50.5 Å². The number of piperazine rings is 1. The fourth-order valence-electron chi connectivity index (χ4n) is 5.44. The lowest BCUT2D eigenvalue weighted by atomic mass is 9.78. The largest absolute Gasteiger partial charge is 0.298 e. The molecule has 0 unspecified atom stereocenters. The molecule has 0 spiro atoms. The standard InChI is InChI=1S/C20H29N3O2/c24-23(25)18-9-4-6-16(14-18)15-22-13-12-21-11-5-10-19(21)20(22)17-7-2-1-3-8-17/h4,6,9,14,17,19-20H,1-3,5,7-8,10-13,15H2/t19-,20-/m0/s1. The Labute approximate surface area is 150 Å². The minimum absolute atomic E-state index is 0.214. The summed E-state index contributed by atoms with van der Waals surface area (Å²) >= 11 is 0. The quantitative estimate of drug-likeness (QED) is 0.616. The molecule has 1 aromatic carbocycles. The summed E-state index contributed by atoms with van der Waals surface area (Å²) in [6.07, 6.45) is 9.52. The Morgan fingerprint density at radius 3 is 2.68 bits per heavy atom. The van der Waals surface area contributed by atoms with Crippen molar-refractivity contribution >= 4 is 5.69 Å². The molecule has 1 saturated carbocycles. The van der Waals surface area contributed by atoms with E-state index in [4.69, 9.17) is 0 Å². The molecule has 2 heterocycles. The minimum Gasteiger partial charge on any atom is -0.298 e. The highest BCUT2D eigenvalue weighted by atomic mass is 16.6. The number of non-ortho nitro benzene ring substituents is 1. The maximum absolute atomic E-state index is 11.1. The van der Waals surface area contributed by atoms with Gasteiger partial charge in [0.25, 0.3) is 5.69 Å². The Morgan fingerprint density at radius 2 is 1.88 bits per heavy atom. The van der Waals surface area contributed by atoms with Crippen LogP contribution in [0.15, 0.2) is 24.3 Å². The van der Waals surface area contributed by atoms with E-state index < -0.39 is 0 Å². The average Bonchev–Trinajstić information content (AvgIpc) is 3.11. The topological polar surface area (TPSA) is 49.6 Å².